The Morgan fingerprint density at radius 3 is 0.702 bits per heavy atom. The van der Waals surface area contributed by atoms with Crippen LogP contribution in [0, 0.1) is 0 Å². The lowest BCUT2D eigenvalue weighted by Crippen LogP contribution is -2.30. The summed E-state index contributed by atoms with van der Waals surface area (Å²) < 4.78 is 16.8. The number of hydrogen-bond acceptors (Lipinski definition) is 6. The highest BCUT2D eigenvalue weighted by Crippen LogP contribution is 2.16. The maximum absolute atomic E-state index is 12.8. The average molecular weight is 808 g/mol. The number of hydrogen-bond donors (Lipinski definition) is 0. The Morgan fingerprint density at radius 2 is 0.474 bits per heavy atom. The number of ether oxygens (including phenoxy) is 3. The summed E-state index contributed by atoms with van der Waals surface area (Å²) in [6, 6.07) is 0. The van der Waals surface area contributed by atoms with Crippen molar-refractivity contribution in [1.82, 2.24) is 0 Å². The van der Waals surface area contributed by atoms with Gasteiger partial charge in [-0.05, 0) is 19.3 Å². The lowest BCUT2D eigenvalue weighted by molar-refractivity contribution is -0.167. The topological polar surface area (TPSA) is 78.9 Å². The predicted octanol–water partition coefficient (Wildman–Crippen LogP) is 16.4. The van der Waals surface area contributed by atoms with Crippen LogP contribution in [0.15, 0.2) is 0 Å². The van der Waals surface area contributed by atoms with Gasteiger partial charge in [0.1, 0.15) is 13.2 Å². The maximum Gasteiger partial charge on any atom is 0.306 e. The van der Waals surface area contributed by atoms with E-state index in [0.29, 0.717) is 19.3 Å². The highest BCUT2D eigenvalue weighted by molar-refractivity contribution is 5.71. The molecule has 0 saturated carbocycles. The van der Waals surface area contributed by atoms with Gasteiger partial charge in [-0.15, -0.1) is 0 Å². The molecule has 0 aromatic carbocycles. The van der Waals surface area contributed by atoms with Crippen LogP contribution in [0.4, 0.5) is 0 Å². The molecule has 0 bridgehead atoms. The van der Waals surface area contributed by atoms with Crippen molar-refractivity contribution in [3.8, 4) is 0 Å². The number of unbranched alkanes of at least 4 members (excludes halogenated alkanes) is 36. The fourth-order valence-electron chi connectivity index (χ4n) is 7.74. The Balaban J connectivity index is 4.31. The number of esters is 3. The van der Waals surface area contributed by atoms with Crippen molar-refractivity contribution in [3.63, 3.8) is 0 Å². The molecule has 0 fully saturated rings. The second kappa shape index (κ2) is 47.1. The van der Waals surface area contributed by atoms with Crippen LogP contribution in [0.3, 0.4) is 0 Å². The van der Waals surface area contributed by atoms with Crippen molar-refractivity contribution in [2.75, 3.05) is 13.2 Å². The van der Waals surface area contributed by atoms with Crippen LogP contribution in [0.2, 0.25) is 0 Å². The van der Waals surface area contributed by atoms with Crippen molar-refractivity contribution in [1.29, 1.82) is 0 Å². The van der Waals surface area contributed by atoms with Gasteiger partial charge in [-0.3, -0.25) is 14.4 Å². The van der Waals surface area contributed by atoms with Crippen LogP contribution in [-0.4, -0.2) is 37.2 Å². The molecule has 0 unspecified atom stereocenters. The van der Waals surface area contributed by atoms with Crippen molar-refractivity contribution in [3.05, 3.63) is 0 Å². The molecule has 57 heavy (non-hydrogen) atoms. The summed E-state index contributed by atoms with van der Waals surface area (Å²) in [7, 11) is 0. The lowest BCUT2D eigenvalue weighted by Gasteiger charge is -2.18. The van der Waals surface area contributed by atoms with E-state index in [4.69, 9.17) is 14.2 Å². The first kappa shape index (κ1) is 55.4. The molecule has 0 spiro atoms. The van der Waals surface area contributed by atoms with Crippen LogP contribution in [-0.2, 0) is 28.6 Å². The van der Waals surface area contributed by atoms with Gasteiger partial charge in [0.05, 0.1) is 0 Å². The summed E-state index contributed by atoms with van der Waals surface area (Å²) in [6.45, 7) is 6.67. The van der Waals surface area contributed by atoms with Gasteiger partial charge in [-0.25, -0.2) is 0 Å². The van der Waals surface area contributed by atoms with Gasteiger partial charge in [0.25, 0.3) is 0 Å². The van der Waals surface area contributed by atoms with Gasteiger partial charge >= 0.3 is 17.9 Å². The first-order valence-corrected chi connectivity index (χ1v) is 25.5. The van der Waals surface area contributed by atoms with Gasteiger partial charge in [0.2, 0.25) is 0 Å². The Morgan fingerprint density at radius 1 is 0.281 bits per heavy atom. The van der Waals surface area contributed by atoms with Crippen molar-refractivity contribution >= 4 is 17.9 Å². The van der Waals surface area contributed by atoms with Gasteiger partial charge < -0.3 is 14.2 Å². The zero-order valence-corrected chi connectivity index (χ0v) is 38.6. The summed E-state index contributed by atoms with van der Waals surface area (Å²) in [4.78, 5) is 37.9. The van der Waals surface area contributed by atoms with Gasteiger partial charge in [0.15, 0.2) is 6.10 Å². The molecule has 6 heteroatoms. The molecule has 0 atom stereocenters. The first-order chi connectivity index (χ1) is 28.0. The summed E-state index contributed by atoms with van der Waals surface area (Å²) >= 11 is 0. The summed E-state index contributed by atoms with van der Waals surface area (Å²) in [5.41, 5.74) is 0. The maximum atomic E-state index is 12.8. The minimum absolute atomic E-state index is 0.0619. The highest BCUT2D eigenvalue weighted by Gasteiger charge is 2.19. The SMILES string of the molecule is CCCCCCCCCCCCCCCC(=O)OC[13CH](COC(=O)CCCCCCCCCCCCCCC)OC(=O)CCCCCCCCCCCCCCC. The van der Waals surface area contributed by atoms with Gasteiger partial charge in [0, 0.05) is 19.3 Å². The fraction of sp³-hybridized carbons (Fsp3) is 0.941. The standard InChI is InChI=1S/C51H98O6/c1-4-7-10-13-16-19-22-25-28-31-34-37-40-43-49(52)55-46-48(57-51(54)45-42-39-36-33-30-27-24-21-18-15-12-9-6-3)47-56-50(53)44-41-38-35-32-29-26-23-20-17-14-11-8-5-2/h48H,4-47H2,1-3H3/i48+1. The average Bonchev–Trinajstić information content (AvgIpc) is 3.21. The van der Waals surface area contributed by atoms with E-state index in [1.807, 2.05) is 0 Å². The highest BCUT2D eigenvalue weighted by atomic mass is 16.7. The predicted molar refractivity (Wildman–Crippen MR) is 243 cm³/mol. The number of rotatable bonds is 47. The molecular weight excluding hydrogens is 710 g/mol. The Bertz CT molecular complexity index is 798. The Labute approximate surface area is 355 Å². The molecule has 0 aromatic rings. The molecule has 0 aromatic heterocycles. The second-order valence-corrected chi connectivity index (χ2v) is 17.5. The van der Waals surface area contributed by atoms with E-state index in [1.54, 1.807) is 0 Å². The smallest absolute Gasteiger partial charge is 0.306 e. The van der Waals surface area contributed by atoms with Crippen LogP contribution in [0.5, 0.6) is 0 Å². The van der Waals surface area contributed by atoms with E-state index in [0.717, 1.165) is 57.8 Å². The molecule has 0 saturated heterocycles. The molecule has 338 valence electrons. The third-order valence-electron chi connectivity index (χ3n) is 11.6. The van der Waals surface area contributed by atoms with Gasteiger partial charge in [-0.2, -0.15) is 0 Å². The summed E-state index contributed by atoms with van der Waals surface area (Å²) in [5.74, 6) is -0.842. The summed E-state index contributed by atoms with van der Waals surface area (Å²) in [5, 5.41) is 0. The molecular formula is C51H98O6. The third kappa shape index (κ3) is 45.3. The number of carbonyl (C=O) groups is 3. The normalized spacial score (nSPS) is 11.4. The minimum Gasteiger partial charge on any atom is -0.462 e. The first-order valence-electron chi connectivity index (χ1n) is 25.5. The molecule has 0 radical (unpaired) electrons. The molecule has 6 nitrogen and oxygen atoms in total. The zero-order valence-electron chi connectivity index (χ0n) is 38.6. The molecule has 0 aliphatic carbocycles. The largest absolute Gasteiger partial charge is 0.462 e. The quantitative estimate of drug-likeness (QED) is 0.0264. The summed E-state index contributed by atoms with van der Waals surface area (Å²) in [6.07, 6.45) is 49.3. The van der Waals surface area contributed by atoms with Gasteiger partial charge in [-0.1, -0.05) is 252 Å². The lowest BCUT2D eigenvalue weighted by atomic mass is 10.0. The molecule has 0 N–H and O–H groups in total. The zero-order chi connectivity index (χ0) is 41.5. The van der Waals surface area contributed by atoms with E-state index in [-0.39, 0.29) is 31.1 Å². The van der Waals surface area contributed by atoms with Crippen molar-refractivity contribution in [2.45, 2.75) is 297 Å². The monoisotopic (exact) mass is 808 g/mol. The van der Waals surface area contributed by atoms with Crippen molar-refractivity contribution < 1.29 is 28.6 Å². The molecule has 0 aliphatic heterocycles. The molecule has 0 amide bonds. The fourth-order valence-corrected chi connectivity index (χ4v) is 7.74. The van der Waals surface area contributed by atoms with E-state index in [1.165, 1.54) is 193 Å². The third-order valence-corrected chi connectivity index (χ3v) is 11.6. The van der Waals surface area contributed by atoms with Crippen molar-refractivity contribution in [2.24, 2.45) is 0 Å². The molecule has 0 aliphatic rings. The van der Waals surface area contributed by atoms with Crippen LogP contribution < -0.4 is 0 Å². The second-order valence-electron chi connectivity index (χ2n) is 17.5. The minimum atomic E-state index is -0.759. The van der Waals surface area contributed by atoms with E-state index in [9.17, 15) is 14.4 Å². The van der Waals surface area contributed by atoms with E-state index >= 15 is 0 Å². The Hall–Kier alpha value is -1.59. The van der Waals surface area contributed by atoms with Crippen LogP contribution in [0.25, 0.3) is 0 Å². The Kier molecular flexibility index (Phi) is 45.8. The van der Waals surface area contributed by atoms with E-state index in [2.05, 4.69) is 20.8 Å². The van der Waals surface area contributed by atoms with E-state index < -0.39 is 6.10 Å². The molecule has 0 heterocycles. The number of carbonyl (C=O) groups excluding carboxylic acids is 3. The van der Waals surface area contributed by atoms with Crippen LogP contribution in [0.1, 0.15) is 290 Å². The van der Waals surface area contributed by atoms with Crippen LogP contribution >= 0.6 is 0 Å². The molecule has 0 rings (SSSR count).